The quantitative estimate of drug-likeness (QED) is 0.741. The summed E-state index contributed by atoms with van der Waals surface area (Å²) in [4.78, 5) is 2.49. The fourth-order valence-corrected chi connectivity index (χ4v) is 1.95. The number of hydrogen-bond acceptors (Lipinski definition) is 2. The third kappa shape index (κ3) is 5.73. The monoisotopic (exact) mass is 235 g/mol. The Bertz CT molecular complexity index is 304. The molecule has 1 aromatic rings. The van der Waals surface area contributed by atoms with E-state index in [0.717, 1.165) is 19.6 Å². The van der Waals surface area contributed by atoms with Crippen molar-refractivity contribution < 1.29 is 5.11 Å². The molecule has 1 N–H and O–H groups in total. The lowest BCUT2D eigenvalue weighted by Gasteiger charge is -2.22. The Balaban J connectivity index is 2.51. The fraction of sp³-hybridized carbons (Fsp3) is 0.600. The van der Waals surface area contributed by atoms with Crippen LogP contribution in [0.2, 0.25) is 0 Å². The van der Waals surface area contributed by atoms with Gasteiger partial charge in [0.1, 0.15) is 5.75 Å². The average molecular weight is 235 g/mol. The molecule has 1 rings (SSSR count). The van der Waals surface area contributed by atoms with E-state index < -0.39 is 0 Å². The van der Waals surface area contributed by atoms with Gasteiger partial charge in [-0.25, -0.2) is 0 Å². The Morgan fingerprint density at radius 2 is 1.71 bits per heavy atom. The molecular weight excluding hydrogens is 210 g/mol. The second-order valence-corrected chi connectivity index (χ2v) is 4.65. The lowest BCUT2D eigenvalue weighted by atomic mass is 10.2. The summed E-state index contributed by atoms with van der Waals surface area (Å²) < 4.78 is 0. The van der Waals surface area contributed by atoms with Crippen molar-refractivity contribution in [2.45, 2.75) is 46.1 Å². The third-order valence-electron chi connectivity index (χ3n) is 2.97. The molecule has 0 saturated carbocycles. The summed E-state index contributed by atoms with van der Waals surface area (Å²) in [5, 5.41) is 9.46. The molecular formula is C15H25NO. The van der Waals surface area contributed by atoms with Crippen molar-refractivity contribution in [3.8, 4) is 5.75 Å². The van der Waals surface area contributed by atoms with Crippen molar-refractivity contribution >= 4 is 0 Å². The van der Waals surface area contributed by atoms with Crippen molar-refractivity contribution in [2.75, 3.05) is 13.1 Å². The average Bonchev–Trinajstić information content (AvgIpc) is 2.32. The minimum absolute atomic E-state index is 0.369. The van der Waals surface area contributed by atoms with E-state index in [1.807, 2.05) is 12.1 Å². The van der Waals surface area contributed by atoms with Crippen LogP contribution in [0.1, 0.15) is 45.1 Å². The molecule has 0 amide bonds. The molecule has 2 nitrogen and oxygen atoms in total. The number of hydrogen-bond donors (Lipinski definition) is 1. The maximum atomic E-state index is 9.46. The Labute approximate surface area is 105 Å². The third-order valence-corrected chi connectivity index (χ3v) is 2.97. The maximum absolute atomic E-state index is 9.46. The van der Waals surface area contributed by atoms with Crippen LogP contribution < -0.4 is 0 Å². The Morgan fingerprint density at radius 1 is 1.06 bits per heavy atom. The molecule has 0 heterocycles. The highest BCUT2D eigenvalue weighted by molar-refractivity contribution is 5.26. The molecule has 2 heteroatoms. The smallest absolute Gasteiger partial charge is 0.115 e. The van der Waals surface area contributed by atoms with E-state index in [9.17, 15) is 5.11 Å². The van der Waals surface area contributed by atoms with Crippen molar-refractivity contribution in [1.29, 1.82) is 0 Å². The molecule has 0 aliphatic rings. The summed E-state index contributed by atoms with van der Waals surface area (Å²) in [6.07, 6.45) is 4.98. The van der Waals surface area contributed by atoms with E-state index in [0.29, 0.717) is 5.75 Å². The normalized spacial score (nSPS) is 11.0. The molecule has 0 radical (unpaired) electrons. The van der Waals surface area contributed by atoms with Gasteiger partial charge >= 0.3 is 0 Å². The van der Waals surface area contributed by atoms with Crippen LogP contribution in [0.5, 0.6) is 5.75 Å². The predicted molar refractivity (Wildman–Crippen MR) is 73.2 cm³/mol. The van der Waals surface area contributed by atoms with Crippen LogP contribution in [0.4, 0.5) is 0 Å². The minimum atomic E-state index is 0.369. The standard InChI is InChI=1S/C15H25NO/c1-3-5-10-16(11-6-4-2)13-14-8-7-9-15(17)12-14/h7-9,12,17H,3-6,10-11,13H2,1-2H3. The van der Waals surface area contributed by atoms with Crippen LogP contribution in [0.25, 0.3) is 0 Å². The van der Waals surface area contributed by atoms with E-state index in [1.165, 1.54) is 31.2 Å². The summed E-state index contributed by atoms with van der Waals surface area (Å²) in [5.74, 6) is 0.369. The lowest BCUT2D eigenvalue weighted by Crippen LogP contribution is -2.25. The molecule has 0 aliphatic heterocycles. The van der Waals surface area contributed by atoms with Crippen LogP contribution in [-0.2, 0) is 6.54 Å². The van der Waals surface area contributed by atoms with Gasteiger partial charge < -0.3 is 5.11 Å². The van der Waals surface area contributed by atoms with Gasteiger partial charge in [-0.05, 0) is 43.6 Å². The van der Waals surface area contributed by atoms with Crippen LogP contribution in [-0.4, -0.2) is 23.1 Å². The number of aromatic hydroxyl groups is 1. The zero-order valence-electron chi connectivity index (χ0n) is 11.2. The minimum Gasteiger partial charge on any atom is -0.508 e. The summed E-state index contributed by atoms with van der Waals surface area (Å²) in [7, 11) is 0. The van der Waals surface area contributed by atoms with Crippen LogP contribution in [0, 0.1) is 0 Å². The highest BCUT2D eigenvalue weighted by Gasteiger charge is 2.05. The lowest BCUT2D eigenvalue weighted by molar-refractivity contribution is 0.257. The molecule has 17 heavy (non-hydrogen) atoms. The first kappa shape index (κ1) is 14.0. The Hall–Kier alpha value is -1.02. The van der Waals surface area contributed by atoms with Crippen molar-refractivity contribution in [3.05, 3.63) is 29.8 Å². The van der Waals surface area contributed by atoms with Gasteiger partial charge in [0.25, 0.3) is 0 Å². The van der Waals surface area contributed by atoms with Crippen LogP contribution in [0.3, 0.4) is 0 Å². The number of phenolic OH excluding ortho intramolecular Hbond substituents is 1. The number of nitrogens with zero attached hydrogens (tertiary/aromatic N) is 1. The number of phenols is 1. The zero-order chi connectivity index (χ0) is 12.5. The van der Waals surface area contributed by atoms with Crippen molar-refractivity contribution in [1.82, 2.24) is 4.90 Å². The molecule has 0 aromatic heterocycles. The number of rotatable bonds is 8. The van der Waals surface area contributed by atoms with Gasteiger partial charge in [0.05, 0.1) is 0 Å². The second-order valence-electron chi connectivity index (χ2n) is 4.65. The highest BCUT2D eigenvalue weighted by Crippen LogP contribution is 2.13. The SMILES string of the molecule is CCCCN(CCCC)Cc1cccc(O)c1. The van der Waals surface area contributed by atoms with E-state index in [-0.39, 0.29) is 0 Å². The van der Waals surface area contributed by atoms with E-state index in [1.54, 1.807) is 6.07 Å². The molecule has 0 aliphatic carbocycles. The van der Waals surface area contributed by atoms with E-state index in [2.05, 4.69) is 24.8 Å². The van der Waals surface area contributed by atoms with Gasteiger partial charge in [-0.2, -0.15) is 0 Å². The molecule has 0 spiro atoms. The van der Waals surface area contributed by atoms with Crippen molar-refractivity contribution in [3.63, 3.8) is 0 Å². The first-order valence-corrected chi connectivity index (χ1v) is 6.76. The van der Waals surface area contributed by atoms with Gasteiger partial charge in [-0.15, -0.1) is 0 Å². The largest absolute Gasteiger partial charge is 0.508 e. The molecule has 0 bridgehead atoms. The molecule has 96 valence electrons. The van der Waals surface area contributed by atoms with Gasteiger partial charge in [0.15, 0.2) is 0 Å². The summed E-state index contributed by atoms with van der Waals surface area (Å²) in [5.41, 5.74) is 1.21. The van der Waals surface area contributed by atoms with Crippen LogP contribution >= 0.6 is 0 Å². The fourth-order valence-electron chi connectivity index (χ4n) is 1.95. The van der Waals surface area contributed by atoms with E-state index >= 15 is 0 Å². The summed E-state index contributed by atoms with van der Waals surface area (Å²) >= 11 is 0. The highest BCUT2D eigenvalue weighted by atomic mass is 16.3. The first-order chi connectivity index (χ1) is 8.26. The summed E-state index contributed by atoms with van der Waals surface area (Å²) in [6.45, 7) is 7.73. The van der Waals surface area contributed by atoms with Crippen molar-refractivity contribution in [2.24, 2.45) is 0 Å². The van der Waals surface area contributed by atoms with Gasteiger partial charge in [-0.3, -0.25) is 4.90 Å². The zero-order valence-corrected chi connectivity index (χ0v) is 11.2. The first-order valence-electron chi connectivity index (χ1n) is 6.76. The molecule has 0 saturated heterocycles. The maximum Gasteiger partial charge on any atom is 0.115 e. The summed E-state index contributed by atoms with van der Waals surface area (Å²) in [6, 6.07) is 7.60. The van der Waals surface area contributed by atoms with Gasteiger partial charge in [-0.1, -0.05) is 38.8 Å². The molecule has 0 unspecified atom stereocenters. The number of benzene rings is 1. The van der Waals surface area contributed by atoms with Gasteiger partial charge in [0.2, 0.25) is 0 Å². The van der Waals surface area contributed by atoms with Crippen LogP contribution in [0.15, 0.2) is 24.3 Å². The Kier molecular flexibility index (Phi) is 6.71. The number of unbranched alkanes of at least 4 members (excludes halogenated alkanes) is 2. The molecule has 0 fully saturated rings. The Morgan fingerprint density at radius 3 is 2.24 bits per heavy atom. The second kappa shape index (κ2) is 8.13. The predicted octanol–water partition coefficient (Wildman–Crippen LogP) is 3.79. The topological polar surface area (TPSA) is 23.5 Å². The molecule has 0 atom stereocenters. The van der Waals surface area contributed by atoms with Gasteiger partial charge in [0, 0.05) is 6.54 Å². The van der Waals surface area contributed by atoms with E-state index in [4.69, 9.17) is 0 Å². The molecule has 1 aromatic carbocycles.